The SMILES string of the molecule is Cc1ccc(C(=O)c2cc(Cl)ccc2Br)c(C)c1. The first-order chi connectivity index (χ1) is 8.49. The molecule has 2 aromatic rings. The highest BCUT2D eigenvalue weighted by molar-refractivity contribution is 9.10. The normalized spacial score (nSPS) is 10.4. The highest BCUT2D eigenvalue weighted by Crippen LogP contribution is 2.25. The molecule has 0 spiro atoms. The number of ketones is 1. The van der Waals surface area contributed by atoms with Crippen LogP contribution in [0.5, 0.6) is 0 Å². The summed E-state index contributed by atoms with van der Waals surface area (Å²) in [7, 11) is 0. The number of hydrogen-bond donors (Lipinski definition) is 0. The van der Waals surface area contributed by atoms with Gasteiger partial charge >= 0.3 is 0 Å². The molecule has 0 heterocycles. The van der Waals surface area contributed by atoms with Gasteiger partial charge in [-0.25, -0.2) is 0 Å². The van der Waals surface area contributed by atoms with E-state index >= 15 is 0 Å². The van der Waals surface area contributed by atoms with Gasteiger partial charge in [0.15, 0.2) is 5.78 Å². The number of halogens is 2. The zero-order chi connectivity index (χ0) is 13.3. The van der Waals surface area contributed by atoms with E-state index in [-0.39, 0.29) is 5.78 Å². The first-order valence-corrected chi connectivity index (χ1v) is 6.73. The van der Waals surface area contributed by atoms with Gasteiger partial charge in [0.25, 0.3) is 0 Å². The molecule has 0 saturated carbocycles. The monoisotopic (exact) mass is 322 g/mol. The van der Waals surface area contributed by atoms with Gasteiger partial charge < -0.3 is 0 Å². The predicted octanol–water partition coefficient (Wildman–Crippen LogP) is 4.95. The highest BCUT2D eigenvalue weighted by atomic mass is 79.9. The second-order valence-corrected chi connectivity index (χ2v) is 5.56. The van der Waals surface area contributed by atoms with Crippen LogP contribution in [0.2, 0.25) is 5.02 Å². The minimum atomic E-state index is -0.0122. The Labute approximate surface area is 120 Å². The Morgan fingerprint density at radius 2 is 1.78 bits per heavy atom. The molecule has 0 aromatic heterocycles. The van der Waals surface area contributed by atoms with E-state index in [1.54, 1.807) is 18.2 Å². The Hall–Kier alpha value is -1.12. The van der Waals surface area contributed by atoms with Crippen LogP contribution in [0.4, 0.5) is 0 Å². The van der Waals surface area contributed by atoms with Crippen molar-refractivity contribution in [3.8, 4) is 0 Å². The summed E-state index contributed by atoms with van der Waals surface area (Å²) in [6, 6.07) is 11.0. The Morgan fingerprint density at radius 3 is 2.44 bits per heavy atom. The second-order valence-electron chi connectivity index (χ2n) is 4.27. The molecule has 0 fully saturated rings. The lowest BCUT2D eigenvalue weighted by Crippen LogP contribution is -2.04. The van der Waals surface area contributed by atoms with E-state index in [0.717, 1.165) is 15.6 Å². The summed E-state index contributed by atoms with van der Waals surface area (Å²) in [6.45, 7) is 3.95. The topological polar surface area (TPSA) is 17.1 Å². The third-order valence-electron chi connectivity index (χ3n) is 2.80. The van der Waals surface area contributed by atoms with Crippen molar-refractivity contribution in [2.24, 2.45) is 0 Å². The van der Waals surface area contributed by atoms with E-state index < -0.39 is 0 Å². The smallest absolute Gasteiger partial charge is 0.194 e. The molecule has 0 radical (unpaired) electrons. The zero-order valence-electron chi connectivity index (χ0n) is 10.1. The summed E-state index contributed by atoms with van der Waals surface area (Å²) in [5.41, 5.74) is 3.43. The minimum Gasteiger partial charge on any atom is -0.289 e. The fraction of sp³-hybridized carbons (Fsp3) is 0.133. The molecule has 0 bridgehead atoms. The van der Waals surface area contributed by atoms with Crippen molar-refractivity contribution in [3.05, 3.63) is 68.1 Å². The van der Waals surface area contributed by atoms with E-state index in [4.69, 9.17) is 11.6 Å². The van der Waals surface area contributed by atoms with Crippen LogP contribution in [0, 0.1) is 13.8 Å². The Balaban J connectivity index is 2.51. The molecule has 1 nitrogen and oxygen atoms in total. The zero-order valence-corrected chi connectivity index (χ0v) is 12.5. The molecule has 2 rings (SSSR count). The molecule has 0 aliphatic carbocycles. The molecule has 92 valence electrons. The van der Waals surface area contributed by atoms with Gasteiger partial charge in [-0.05, 0) is 37.6 Å². The Bertz CT molecular complexity index is 620. The van der Waals surface area contributed by atoms with Gasteiger partial charge in [0.2, 0.25) is 0 Å². The van der Waals surface area contributed by atoms with Gasteiger partial charge in [0.1, 0.15) is 0 Å². The maximum atomic E-state index is 12.5. The molecule has 0 N–H and O–H groups in total. The van der Waals surface area contributed by atoms with Gasteiger partial charge in [-0.1, -0.05) is 51.3 Å². The van der Waals surface area contributed by atoms with Gasteiger partial charge in [-0.3, -0.25) is 4.79 Å². The molecule has 0 atom stereocenters. The molecule has 2 aromatic carbocycles. The molecular formula is C15H12BrClO. The number of carbonyl (C=O) groups is 1. The van der Waals surface area contributed by atoms with Crippen LogP contribution < -0.4 is 0 Å². The molecular weight excluding hydrogens is 312 g/mol. The maximum absolute atomic E-state index is 12.5. The lowest BCUT2D eigenvalue weighted by Gasteiger charge is -2.08. The number of benzene rings is 2. The molecule has 0 aliphatic rings. The fourth-order valence-corrected chi connectivity index (χ4v) is 2.48. The van der Waals surface area contributed by atoms with Gasteiger partial charge in [-0.15, -0.1) is 0 Å². The molecule has 18 heavy (non-hydrogen) atoms. The number of hydrogen-bond acceptors (Lipinski definition) is 1. The van der Waals surface area contributed by atoms with Crippen LogP contribution in [-0.2, 0) is 0 Å². The van der Waals surface area contributed by atoms with E-state index in [0.29, 0.717) is 16.1 Å². The van der Waals surface area contributed by atoms with Crippen LogP contribution in [-0.4, -0.2) is 5.78 Å². The molecule has 0 saturated heterocycles. The van der Waals surface area contributed by atoms with Crippen molar-refractivity contribution < 1.29 is 4.79 Å². The summed E-state index contributed by atoms with van der Waals surface area (Å²) in [5.74, 6) is -0.0122. The van der Waals surface area contributed by atoms with Gasteiger partial charge in [0, 0.05) is 20.6 Å². The molecule has 0 amide bonds. The second kappa shape index (κ2) is 5.25. The number of carbonyl (C=O) groups excluding carboxylic acids is 1. The average Bonchev–Trinajstić information content (AvgIpc) is 2.31. The van der Waals surface area contributed by atoms with Crippen LogP contribution in [0.1, 0.15) is 27.0 Å². The van der Waals surface area contributed by atoms with E-state index in [1.165, 1.54) is 0 Å². The predicted molar refractivity (Wildman–Crippen MR) is 78.5 cm³/mol. The number of rotatable bonds is 2. The maximum Gasteiger partial charge on any atom is 0.194 e. The van der Waals surface area contributed by atoms with Crippen LogP contribution in [0.15, 0.2) is 40.9 Å². The van der Waals surface area contributed by atoms with Crippen LogP contribution >= 0.6 is 27.5 Å². The minimum absolute atomic E-state index is 0.0122. The van der Waals surface area contributed by atoms with Crippen molar-refractivity contribution >= 4 is 33.3 Å². The van der Waals surface area contributed by atoms with Gasteiger partial charge in [-0.2, -0.15) is 0 Å². The summed E-state index contributed by atoms with van der Waals surface area (Å²) in [4.78, 5) is 12.5. The lowest BCUT2D eigenvalue weighted by molar-refractivity contribution is 0.103. The van der Waals surface area contributed by atoms with Crippen molar-refractivity contribution in [2.45, 2.75) is 13.8 Å². The Kier molecular flexibility index (Phi) is 3.88. The van der Waals surface area contributed by atoms with E-state index in [2.05, 4.69) is 15.9 Å². The molecule has 0 unspecified atom stereocenters. The largest absolute Gasteiger partial charge is 0.289 e. The van der Waals surface area contributed by atoms with Crippen molar-refractivity contribution in [3.63, 3.8) is 0 Å². The lowest BCUT2D eigenvalue weighted by atomic mass is 9.98. The van der Waals surface area contributed by atoms with Crippen molar-refractivity contribution in [1.29, 1.82) is 0 Å². The summed E-state index contributed by atoms with van der Waals surface area (Å²) >= 11 is 9.33. The van der Waals surface area contributed by atoms with Crippen LogP contribution in [0.25, 0.3) is 0 Å². The van der Waals surface area contributed by atoms with Crippen molar-refractivity contribution in [2.75, 3.05) is 0 Å². The molecule has 0 aliphatic heterocycles. The van der Waals surface area contributed by atoms with E-state index in [1.807, 2.05) is 32.0 Å². The fourth-order valence-electron chi connectivity index (χ4n) is 1.88. The Morgan fingerprint density at radius 1 is 1.06 bits per heavy atom. The van der Waals surface area contributed by atoms with Crippen molar-refractivity contribution in [1.82, 2.24) is 0 Å². The standard InChI is InChI=1S/C15H12BrClO/c1-9-3-5-12(10(2)7-9)15(18)13-8-11(17)4-6-14(13)16/h3-8H,1-2H3. The summed E-state index contributed by atoms with van der Waals surface area (Å²) < 4.78 is 0.761. The quantitative estimate of drug-likeness (QED) is 0.715. The van der Waals surface area contributed by atoms with Crippen LogP contribution in [0.3, 0.4) is 0 Å². The van der Waals surface area contributed by atoms with E-state index in [9.17, 15) is 4.79 Å². The third kappa shape index (κ3) is 2.65. The third-order valence-corrected chi connectivity index (χ3v) is 3.73. The number of aryl methyl sites for hydroxylation is 2. The van der Waals surface area contributed by atoms with Gasteiger partial charge in [0.05, 0.1) is 0 Å². The highest BCUT2D eigenvalue weighted by Gasteiger charge is 2.15. The molecule has 3 heteroatoms. The first-order valence-electron chi connectivity index (χ1n) is 5.56. The first kappa shape index (κ1) is 13.3. The summed E-state index contributed by atoms with van der Waals surface area (Å²) in [5, 5.41) is 0.561. The summed E-state index contributed by atoms with van der Waals surface area (Å²) in [6.07, 6.45) is 0. The average molecular weight is 324 g/mol.